The molecule has 0 bridgehead atoms. The van der Waals surface area contributed by atoms with Gasteiger partial charge in [-0.25, -0.2) is 0 Å². The summed E-state index contributed by atoms with van der Waals surface area (Å²) in [5, 5.41) is 2.42. The molecule has 0 radical (unpaired) electrons. The van der Waals surface area contributed by atoms with Crippen LogP contribution in [-0.2, 0) is 0 Å². The van der Waals surface area contributed by atoms with Gasteiger partial charge in [0.15, 0.2) is 0 Å². The molecular weight excluding hydrogens is 272 g/mol. The zero-order chi connectivity index (χ0) is 15.7. The smallest absolute Gasteiger partial charge is 0.127 e. The van der Waals surface area contributed by atoms with Gasteiger partial charge in [0.1, 0.15) is 11.5 Å². The van der Waals surface area contributed by atoms with Gasteiger partial charge in [-0.2, -0.15) is 0 Å². The molecule has 0 fully saturated rings. The van der Waals surface area contributed by atoms with Gasteiger partial charge in [0.2, 0.25) is 0 Å². The molecule has 0 aromatic heterocycles. The van der Waals surface area contributed by atoms with Gasteiger partial charge in [-0.15, -0.1) is 0 Å². The van der Waals surface area contributed by atoms with Crippen LogP contribution in [0.4, 0.5) is 0 Å². The van der Waals surface area contributed by atoms with Crippen LogP contribution in [0.3, 0.4) is 0 Å². The predicted molar refractivity (Wildman–Crippen MR) is 92.0 cm³/mol. The first-order chi connectivity index (χ1) is 10.7. The van der Waals surface area contributed by atoms with E-state index in [2.05, 4.69) is 56.3 Å². The zero-order valence-corrected chi connectivity index (χ0v) is 13.4. The van der Waals surface area contributed by atoms with Crippen molar-refractivity contribution < 1.29 is 9.47 Å². The van der Waals surface area contributed by atoms with E-state index in [4.69, 9.17) is 9.47 Å². The van der Waals surface area contributed by atoms with Gasteiger partial charge in [0, 0.05) is 5.56 Å². The Morgan fingerprint density at radius 1 is 0.727 bits per heavy atom. The molecule has 0 N–H and O–H groups in total. The summed E-state index contributed by atoms with van der Waals surface area (Å²) in [4.78, 5) is 0. The Morgan fingerprint density at radius 3 is 2.05 bits per heavy atom. The summed E-state index contributed by atoms with van der Waals surface area (Å²) < 4.78 is 11.0. The maximum absolute atomic E-state index is 5.64. The minimum atomic E-state index is 0.887. The normalized spacial score (nSPS) is 10.7. The highest BCUT2D eigenvalue weighted by Crippen LogP contribution is 2.41. The maximum Gasteiger partial charge on any atom is 0.127 e. The SMILES string of the molecule is COc1cc(C)c(-c2c(OC)ccc3ccccc23)c(C)c1. The average molecular weight is 292 g/mol. The van der Waals surface area contributed by atoms with E-state index < -0.39 is 0 Å². The number of rotatable bonds is 3. The lowest BCUT2D eigenvalue weighted by Gasteiger charge is -2.17. The van der Waals surface area contributed by atoms with Gasteiger partial charge in [0.25, 0.3) is 0 Å². The fraction of sp³-hybridized carbons (Fsp3) is 0.200. The summed E-state index contributed by atoms with van der Waals surface area (Å²) in [7, 11) is 3.42. The minimum Gasteiger partial charge on any atom is -0.497 e. The molecule has 3 aromatic carbocycles. The lowest BCUT2D eigenvalue weighted by Crippen LogP contribution is -1.95. The molecule has 0 amide bonds. The third kappa shape index (κ3) is 2.31. The first-order valence-corrected chi connectivity index (χ1v) is 7.37. The Kier molecular flexibility index (Phi) is 3.76. The van der Waals surface area contributed by atoms with Crippen LogP contribution >= 0.6 is 0 Å². The van der Waals surface area contributed by atoms with Crippen molar-refractivity contribution in [2.75, 3.05) is 14.2 Å². The lowest BCUT2D eigenvalue weighted by atomic mass is 9.91. The van der Waals surface area contributed by atoms with E-state index in [-0.39, 0.29) is 0 Å². The molecule has 0 atom stereocenters. The van der Waals surface area contributed by atoms with Crippen LogP contribution < -0.4 is 9.47 Å². The van der Waals surface area contributed by atoms with Gasteiger partial charge >= 0.3 is 0 Å². The summed E-state index contributed by atoms with van der Waals surface area (Å²) >= 11 is 0. The molecule has 0 aliphatic heterocycles. The summed E-state index contributed by atoms with van der Waals surface area (Å²) in [5.74, 6) is 1.79. The van der Waals surface area contributed by atoms with Crippen LogP contribution in [-0.4, -0.2) is 14.2 Å². The second-order valence-corrected chi connectivity index (χ2v) is 5.50. The fourth-order valence-corrected chi connectivity index (χ4v) is 3.12. The van der Waals surface area contributed by atoms with E-state index >= 15 is 0 Å². The summed E-state index contributed by atoms with van der Waals surface area (Å²) in [6, 6.07) is 16.7. The molecular formula is C20H20O2. The third-order valence-electron chi connectivity index (χ3n) is 4.10. The van der Waals surface area contributed by atoms with Crippen molar-refractivity contribution >= 4 is 10.8 Å². The number of fused-ring (bicyclic) bond motifs is 1. The standard InChI is InChI=1S/C20H20O2/c1-13-11-16(21-3)12-14(2)19(13)20-17-8-6-5-7-15(17)9-10-18(20)22-4/h5-12H,1-4H3. The van der Waals surface area contributed by atoms with Crippen LogP contribution in [0.15, 0.2) is 48.5 Å². The van der Waals surface area contributed by atoms with Crippen molar-refractivity contribution in [3.05, 3.63) is 59.7 Å². The van der Waals surface area contributed by atoms with Crippen molar-refractivity contribution in [2.24, 2.45) is 0 Å². The van der Waals surface area contributed by atoms with E-state index in [9.17, 15) is 0 Å². The van der Waals surface area contributed by atoms with E-state index in [0.717, 1.165) is 17.1 Å². The van der Waals surface area contributed by atoms with Gasteiger partial charge in [-0.3, -0.25) is 0 Å². The first kappa shape index (κ1) is 14.5. The Morgan fingerprint density at radius 2 is 1.41 bits per heavy atom. The molecule has 0 spiro atoms. The number of hydrogen-bond donors (Lipinski definition) is 0. The van der Waals surface area contributed by atoms with Crippen LogP contribution in [0, 0.1) is 13.8 Å². The van der Waals surface area contributed by atoms with Crippen molar-refractivity contribution in [3.8, 4) is 22.6 Å². The van der Waals surface area contributed by atoms with Gasteiger partial charge in [-0.1, -0.05) is 30.3 Å². The van der Waals surface area contributed by atoms with E-state index in [0.29, 0.717) is 0 Å². The monoisotopic (exact) mass is 292 g/mol. The molecule has 22 heavy (non-hydrogen) atoms. The second-order valence-electron chi connectivity index (χ2n) is 5.50. The van der Waals surface area contributed by atoms with Crippen molar-refractivity contribution in [1.29, 1.82) is 0 Å². The topological polar surface area (TPSA) is 18.5 Å². The van der Waals surface area contributed by atoms with E-state index in [1.165, 1.54) is 27.5 Å². The molecule has 2 heteroatoms. The maximum atomic E-state index is 5.64. The molecule has 112 valence electrons. The van der Waals surface area contributed by atoms with Gasteiger partial charge in [-0.05, 0) is 59.5 Å². The van der Waals surface area contributed by atoms with E-state index in [1.807, 2.05) is 6.07 Å². The molecule has 3 aromatic rings. The van der Waals surface area contributed by atoms with E-state index in [1.54, 1.807) is 14.2 Å². The lowest BCUT2D eigenvalue weighted by molar-refractivity contribution is 0.413. The molecule has 0 saturated heterocycles. The molecule has 2 nitrogen and oxygen atoms in total. The highest BCUT2D eigenvalue weighted by molar-refractivity contribution is 6.01. The predicted octanol–water partition coefficient (Wildman–Crippen LogP) is 5.14. The van der Waals surface area contributed by atoms with Gasteiger partial charge < -0.3 is 9.47 Å². The zero-order valence-electron chi connectivity index (χ0n) is 13.4. The highest BCUT2D eigenvalue weighted by atomic mass is 16.5. The number of benzene rings is 3. The van der Waals surface area contributed by atoms with Crippen LogP contribution in [0.5, 0.6) is 11.5 Å². The molecule has 0 aliphatic carbocycles. The first-order valence-electron chi connectivity index (χ1n) is 7.37. The number of hydrogen-bond acceptors (Lipinski definition) is 2. The van der Waals surface area contributed by atoms with Crippen molar-refractivity contribution in [2.45, 2.75) is 13.8 Å². The van der Waals surface area contributed by atoms with Crippen molar-refractivity contribution in [1.82, 2.24) is 0 Å². The Bertz CT molecular complexity index is 811. The molecule has 0 aliphatic rings. The number of aryl methyl sites for hydroxylation is 2. The summed E-state index contributed by atoms with van der Waals surface area (Å²) in [5.41, 5.74) is 4.74. The minimum absolute atomic E-state index is 0.887. The Labute approximate surface area is 131 Å². The third-order valence-corrected chi connectivity index (χ3v) is 4.10. The highest BCUT2D eigenvalue weighted by Gasteiger charge is 2.15. The second kappa shape index (κ2) is 5.72. The largest absolute Gasteiger partial charge is 0.497 e. The molecule has 0 heterocycles. The number of ether oxygens (including phenoxy) is 2. The van der Waals surface area contributed by atoms with Crippen LogP contribution in [0.2, 0.25) is 0 Å². The Balaban J connectivity index is 2.39. The fourth-order valence-electron chi connectivity index (χ4n) is 3.12. The number of methoxy groups -OCH3 is 2. The average Bonchev–Trinajstić information content (AvgIpc) is 2.54. The summed E-state index contributed by atoms with van der Waals surface area (Å²) in [6.07, 6.45) is 0. The molecule has 0 saturated carbocycles. The van der Waals surface area contributed by atoms with Crippen LogP contribution in [0.25, 0.3) is 21.9 Å². The van der Waals surface area contributed by atoms with Gasteiger partial charge in [0.05, 0.1) is 14.2 Å². The van der Waals surface area contributed by atoms with Crippen LogP contribution in [0.1, 0.15) is 11.1 Å². The Hall–Kier alpha value is -2.48. The van der Waals surface area contributed by atoms with Crippen molar-refractivity contribution in [3.63, 3.8) is 0 Å². The molecule has 0 unspecified atom stereocenters. The quantitative estimate of drug-likeness (QED) is 0.665. The summed E-state index contributed by atoms with van der Waals surface area (Å²) in [6.45, 7) is 4.23. The molecule has 3 rings (SSSR count).